The van der Waals surface area contributed by atoms with Crippen LogP contribution in [-0.2, 0) is 55.8 Å². The van der Waals surface area contributed by atoms with E-state index in [1.165, 1.54) is 57.8 Å². The van der Waals surface area contributed by atoms with Crippen molar-refractivity contribution in [1.29, 1.82) is 0 Å². The first-order valence-electron chi connectivity index (χ1n) is 36.1. The lowest BCUT2D eigenvalue weighted by molar-refractivity contribution is -0.161. The van der Waals surface area contributed by atoms with E-state index in [1.807, 2.05) is 12.2 Å². The molecule has 18 heteroatoms. The zero-order valence-electron chi connectivity index (χ0n) is 58.8. The molecule has 0 aromatic rings. The van der Waals surface area contributed by atoms with Crippen LogP contribution in [0.25, 0.3) is 0 Å². The predicted octanol–water partition coefficient (Wildman–Crippen LogP) is 20.5. The van der Waals surface area contributed by atoms with Crippen LogP contribution >= 0.6 is 15.6 Å². The number of hydrogen-bond acceptors (Lipinski definition) is 14. The van der Waals surface area contributed by atoms with Crippen molar-refractivity contribution >= 4 is 33.6 Å². The van der Waals surface area contributed by atoms with E-state index in [9.17, 15) is 43.5 Å². The Balaban J connectivity index is 4.54. The number of carbonyl (C=O) groups excluding carboxylic acids is 3. The van der Waals surface area contributed by atoms with E-state index in [0.717, 1.165) is 141 Å². The van der Waals surface area contributed by atoms with Crippen molar-refractivity contribution in [2.75, 3.05) is 39.6 Å². The highest BCUT2D eigenvalue weighted by molar-refractivity contribution is 7.47. The molecule has 0 saturated heterocycles. The molecule has 0 aromatic carbocycles. The van der Waals surface area contributed by atoms with Crippen LogP contribution in [0.2, 0.25) is 0 Å². The number of aliphatic hydroxyl groups excluding tert-OH is 2. The summed E-state index contributed by atoms with van der Waals surface area (Å²) >= 11 is 0. The largest absolute Gasteiger partial charge is 0.472 e. The van der Waals surface area contributed by atoms with Gasteiger partial charge in [0.05, 0.1) is 26.4 Å². The number of rotatable bonds is 67. The molecule has 16 nitrogen and oxygen atoms in total. The first-order chi connectivity index (χ1) is 46.2. The van der Waals surface area contributed by atoms with Crippen molar-refractivity contribution in [1.82, 2.24) is 0 Å². The highest BCUT2D eigenvalue weighted by atomic mass is 31.2. The number of phosphoric acid groups is 2. The van der Waals surface area contributed by atoms with Crippen LogP contribution in [0.4, 0.5) is 0 Å². The molecule has 0 heterocycles. The van der Waals surface area contributed by atoms with Gasteiger partial charge in [-0.1, -0.05) is 256 Å². The fourth-order valence-electron chi connectivity index (χ4n) is 9.07. The molecule has 0 aliphatic heterocycles. The molecule has 0 bridgehead atoms. The van der Waals surface area contributed by atoms with Crippen molar-refractivity contribution in [2.24, 2.45) is 0 Å². The molecule has 0 spiro atoms. The Labute approximate surface area is 575 Å². The van der Waals surface area contributed by atoms with Gasteiger partial charge in [0.15, 0.2) is 6.10 Å². The molecule has 0 aliphatic carbocycles. The molecule has 0 fully saturated rings. The average Bonchev–Trinajstić information content (AvgIpc) is 3.76. The summed E-state index contributed by atoms with van der Waals surface area (Å²) in [5.41, 5.74) is 0. The summed E-state index contributed by atoms with van der Waals surface area (Å²) in [7, 11) is -9.80. The fraction of sp³-hybridized carbons (Fsp3) is 0.649. The number of carbonyl (C=O) groups is 3. The summed E-state index contributed by atoms with van der Waals surface area (Å²) in [6.45, 7) is 2.33. The van der Waals surface area contributed by atoms with E-state index in [4.69, 9.17) is 32.3 Å². The monoisotopic (exact) mass is 1370 g/mol. The first-order valence-corrected chi connectivity index (χ1v) is 39.1. The van der Waals surface area contributed by atoms with E-state index in [-0.39, 0.29) is 19.3 Å². The van der Waals surface area contributed by atoms with Crippen LogP contribution in [0.3, 0.4) is 0 Å². The second kappa shape index (κ2) is 69.3. The van der Waals surface area contributed by atoms with Gasteiger partial charge in [0.25, 0.3) is 0 Å². The van der Waals surface area contributed by atoms with Gasteiger partial charge in [-0.2, -0.15) is 0 Å². The molecule has 0 amide bonds. The van der Waals surface area contributed by atoms with Crippen LogP contribution in [0.1, 0.15) is 265 Å². The van der Waals surface area contributed by atoms with Gasteiger partial charge in [0, 0.05) is 19.3 Å². The van der Waals surface area contributed by atoms with Gasteiger partial charge >= 0.3 is 33.6 Å². The highest BCUT2D eigenvalue weighted by Gasteiger charge is 2.29. The van der Waals surface area contributed by atoms with E-state index >= 15 is 0 Å². The Morgan fingerprint density at radius 2 is 0.568 bits per heavy atom. The summed E-state index contributed by atoms with van der Waals surface area (Å²) in [6.07, 6.45) is 83.5. The van der Waals surface area contributed by atoms with E-state index in [0.29, 0.717) is 25.7 Å². The second-order valence-corrected chi connectivity index (χ2v) is 26.5. The normalized spacial score (nSPS) is 15.0. The van der Waals surface area contributed by atoms with Gasteiger partial charge in [-0.05, 0) is 135 Å². The van der Waals surface area contributed by atoms with Gasteiger partial charge in [-0.3, -0.25) is 32.5 Å². The lowest BCUT2D eigenvalue weighted by Gasteiger charge is -2.21. The molecule has 5 atom stereocenters. The molecule has 4 N–H and O–H groups in total. The topological polar surface area (TPSA) is 231 Å². The zero-order valence-corrected chi connectivity index (χ0v) is 60.6. The smallest absolute Gasteiger partial charge is 0.463 e. The Morgan fingerprint density at radius 1 is 0.305 bits per heavy atom. The average molecular weight is 1370 g/mol. The third kappa shape index (κ3) is 70.6. The maximum atomic E-state index is 12.9. The molecule has 0 aliphatic rings. The Kier molecular flexibility index (Phi) is 66.0. The van der Waals surface area contributed by atoms with Gasteiger partial charge < -0.3 is 34.2 Å². The molecule has 95 heavy (non-hydrogen) atoms. The van der Waals surface area contributed by atoms with Crippen molar-refractivity contribution in [3.63, 3.8) is 0 Å². The summed E-state index contributed by atoms with van der Waals surface area (Å²) < 4.78 is 60.8. The van der Waals surface area contributed by atoms with E-state index in [2.05, 4.69) is 154 Å². The van der Waals surface area contributed by atoms with Crippen LogP contribution in [0.5, 0.6) is 0 Å². The lowest BCUT2D eigenvalue weighted by atomic mass is 10.1. The number of unbranched alkanes of at least 4 members (excludes halogenated alkanes) is 20. The Hall–Kier alpha value is -4.57. The minimum absolute atomic E-state index is 0.0789. The third-order valence-electron chi connectivity index (χ3n) is 14.5. The Morgan fingerprint density at radius 3 is 0.937 bits per heavy atom. The minimum atomic E-state index is -4.94. The summed E-state index contributed by atoms with van der Waals surface area (Å²) in [6, 6.07) is 0. The van der Waals surface area contributed by atoms with Crippen LogP contribution in [0.15, 0.2) is 146 Å². The van der Waals surface area contributed by atoms with Gasteiger partial charge in [-0.25, -0.2) is 9.13 Å². The molecule has 5 unspecified atom stereocenters. The molecule has 542 valence electrons. The number of aliphatic hydroxyl groups is 2. The van der Waals surface area contributed by atoms with Gasteiger partial charge in [0.2, 0.25) is 0 Å². The number of hydrogen-bond donors (Lipinski definition) is 4. The van der Waals surface area contributed by atoms with Crippen molar-refractivity contribution in [2.45, 2.75) is 283 Å². The van der Waals surface area contributed by atoms with Crippen molar-refractivity contribution < 1.29 is 75.8 Å². The summed E-state index contributed by atoms with van der Waals surface area (Å²) in [4.78, 5) is 58.4. The molecule has 0 saturated carbocycles. The van der Waals surface area contributed by atoms with Gasteiger partial charge in [-0.15, -0.1) is 0 Å². The van der Waals surface area contributed by atoms with E-state index < -0.39 is 91.5 Å². The second-order valence-electron chi connectivity index (χ2n) is 23.6. The number of ether oxygens (including phenoxy) is 3. The predicted molar refractivity (Wildman–Crippen MR) is 389 cm³/mol. The van der Waals surface area contributed by atoms with Gasteiger partial charge in [0.1, 0.15) is 25.4 Å². The molecule has 0 radical (unpaired) electrons. The third-order valence-corrected chi connectivity index (χ3v) is 16.4. The summed E-state index contributed by atoms with van der Waals surface area (Å²) in [5.74, 6) is -1.66. The molecular weight excluding hydrogens is 1240 g/mol. The quantitative estimate of drug-likeness (QED) is 0.0146. The van der Waals surface area contributed by atoms with Crippen molar-refractivity contribution in [3.05, 3.63) is 146 Å². The fourth-order valence-corrected chi connectivity index (χ4v) is 10.7. The van der Waals surface area contributed by atoms with Crippen LogP contribution < -0.4 is 0 Å². The van der Waals surface area contributed by atoms with Crippen LogP contribution in [-0.4, -0.2) is 95.9 Å². The lowest BCUT2D eigenvalue weighted by Crippen LogP contribution is -2.30. The summed E-state index contributed by atoms with van der Waals surface area (Å²) in [5, 5.41) is 20.6. The number of allylic oxidation sites excluding steroid dienone is 24. The maximum Gasteiger partial charge on any atom is 0.472 e. The minimum Gasteiger partial charge on any atom is -0.463 e. The first kappa shape index (κ1) is 90.4. The SMILES string of the molecule is CC/C=C\C/C=C\C/C=C\C/C=C\C/C=C\C/C=C\CCCCCCCCCCCCC(=O)OCC(O)COP(=O)(O)OCC(O)COP(=O)(O)OCC(COC(=O)CCC/C=C\C/C=C\C/C=C\C/C=C\C/C=C\CC)OC(=O)CCCCCCC/C=C\CCCCCC. The van der Waals surface area contributed by atoms with E-state index in [1.54, 1.807) is 0 Å². The van der Waals surface area contributed by atoms with Crippen molar-refractivity contribution in [3.8, 4) is 0 Å². The standard InChI is InChI=1S/C77H128O16P2/c1-4-7-10-13-16-19-22-25-27-29-30-31-32-33-34-35-36-37-38-39-40-42-44-46-48-51-54-57-60-63-75(80)87-66-72(78)67-89-94(83,84)90-68-73(79)69-91-95(85,86)92-71-74(93-77(82)65-62-59-56-53-50-45-24-21-18-15-12-9-6-3)70-88-76(81)64-61-58-55-52-49-47-43-41-28-26-23-20-17-14-11-8-5-2/h7-8,10-11,16-17,19-21,24-28,30-31,33-34,36-37,43,47,52,55,72-74,78-79H,4-6,9,12-15,18,22-23,29,32,35,38-42,44-46,48-51,53-54,56-71H2,1-3H3,(H,83,84)(H,85,86)/b10-7-,11-8-,19-16-,20-17-,24-21-,27-25-,28-26-,31-30-,34-33-,37-36-,47-43-,55-52-. The highest BCUT2D eigenvalue weighted by Crippen LogP contribution is 2.45. The van der Waals surface area contributed by atoms with Crippen LogP contribution in [0, 0.1) is 0 Å². The zero-order chi connectivity index (χ0) is 69.5. The number of phosphoric ester groups is 2. The molecule has 0 rings (SSSR count). The molecule has 0 aromatic heterocycles. The number of esters is 3. The molecular formula is C77H128O16P2. The maximum absolute atomic E-state index is 12.9. The Bertz CT molecular complexity index is 2310.